The molecule has 0 atom stereocenters. The quantitative estimate of drug-likeness (QED) is 0.523. The maximum Gasteiger partial charge on any atom is 0.0490 e. The Morgan fingerprint density at radius 3 is 1.86 bits per heavy atom. The summed E-state index contributed by atoms with van der Waals surface area (Å²) in [6, 6.07) is 0. The van der Waals surface area contributed by atoms with Gasteiger partial charge >= 0.3 is 0 Å². The number of hydrogen-bond donors (Lipinski definition) is 0. The zero-order valence-corrected chi connectivity index (χ0v) is 14.4. The maximum atomic E-state index is 5.30. The smallest absolute Gasteiger partial charge is 0.0490 e. The highest BCUT2D eigenvalue weighted by Gasteiger charge is 2.24. The predicted molar refractivity (Wildman–Crippen MR) is 91.4 cm³/mol. The molecule has 2 aliphatic carbocycles. The van der Waals surface area contributed by atoms with Gasteiger partial charge in [0.25, 0.3) is 0 Å². The molecule has 0 aromatic rings. The van der Waals surface area contributed by atoms with Gasteiger partial charge in [-0.2, -0.15) is 0 Å². The van der Waals surface area contributed by atoms with E-state index in [2.05, 4.69) is 19.1 Å². The molecule has 1 heteroatoms. The van der Waals surface area contributed by atoms with E-state index in [1.54, 1.807) is 0 Å². The van der Waals surface area contributed by atoms with Crippen molar-refractivity contribution in [2.45, 2.75) is 77.6 Å². The zero-order valence-electron chi connectivity index (χ0n) is 14.4. The van der Waals surface area contributed by atoms with E-state index in [1.807, 2.05) is 7.11 Å². The number of ether oxygens (including phenoxy) is 1. The predicted octanol–water partition coefficient (Wildman–Crippen LogP) is 5.99. The van der Waals surface area contributed by atoms with E-state index in [0.29, 0.717) is 0 Å². The molecule has 0 spiro atoms. The molecule has 0 aromatic carbocycles. The van der Waals surface area contributed by atoms with Crippen LogP contribution in [-0.4, -0.2) is 13.7 Å². The second-order valence-electron chi connectivity index (χ2n) is 7.54. The number of methoxy groups -OCH3 is 1. The highest BCUT2D eigenvalue weighted by Crippen LogP contribution is 2.36. The van der Waals surface area contributed by atoms with Crippen molar-refractivity contribution >= 4 is 0 Å². The lowest BCUT2D eigenvalue weighted by atomic mass is 9.75. The van der Waals surface area contributed by atoms with Gasteiger partial charge in [-0.05, 0) is 68.6 Å². The van der Waals surface area contributed by atoms with Gasteiger partial charge < -0.3 is 4.74 Å². The van der Waals surface area contributed by atoms with Gasteiger partial charge in [0.05, 0.1) is 0 Å². The van der Waals surface area contributed by atoms with Crippen LogP contribution in [0.5, 0.6) is 0 Å². The Kier molecular flexibility index (Phi) is 7.85. The summed E-state index contributed by atoms with van der Waals surface area (Å²) in [5.74, 6) is 3.81. The Labute approximate surface area is 132 Å². The zero-order chi connectivity index (χ0) is 14.9. The van der Waals surface area contributed by atoms with Gasteiger partial charge in [0, 0.05) is 13.7 Å². The summed E-state index contributed by atoms with van der Waals surface area (Å²) in [6.45, 7) is 3.23. The topological polar surface area (TPSA) is 9.23 Å². The largest absolute Gasteiger partial charge is 0.384 e. The van der Waals surface area contributed by atoms with Gasteiger partial charge in [-0.15, -0.1) is 0 Å². The average Bonchev–Trinajstić information content (AvgIpc) is 2.53. The Morgan fingerprint density at radius 1 is 0.810 bits per heavy atom. The molecule has 0 amide bonds. The Morgan fingerprint density at radius 2 is 1.33 bits per heavy atom. The molecule has 122 valence electrons. The van der Waals surface area contributed by atoms with Gasteiger partial charge in [0.15, 0.2) is 0 Å². The van der Waals surface area contributed by atoms with Crippen LogP contribution in [0.2, 0.25) is 0 Å². The van der Waals surface area contributed by atoms with Crippen LogP contribution in [0.15, 0.2) is 12.2 Å². The maximum absolute atomic E-state index is 5.30. The monoisotopic (exact) mass is 292 g/mol. The van der Waals surface area contributed by atoms with Crippen molar-refractivity contribution in [1.82, 2.24) is 0 Å². The first-order valence-electron chi connectivity index (χ1n) is 9.47. The Balaban J connectivity index is 1.57. The van der Waals surface area contributed by atoms with E-state index in [9.17, 15) is 0 Å². The summed E-state index contributed by atoms with van der Waals surface area (Å²) in [4.78, 5) is 0. The number of allylic oxidation sites excluding steroid dienone is 2. The molecule has 0 aliphatic heterocycles. The lowest BCUT2D eigenvalue weighted by Crippen LogP contribution is -2.19. The highest BCUT2D eigenvalue weighted by molar-refractivity contribution is 4.90. The molecule has 0 radical (unpaired) electrons. The molecule has 0 unspecified atom stereocenters. The highest BCUT2D eigenvalue weighted by atomic mass is 16.5. The molecule has 0 N–H and O–H groups in total. The lowest BCUT2D eigenvalue weighted by molar-refractivity contribution is 0.115. The van der Waals surface area contributed by atoms with Crippen LogP contribution < -0.4 is 0 Å². The fourth-order valence-electron chi connectivity index (χ4n) is 4.39. The normalized spacial score (nSPS) is 34.4. The second-order valence-corrected chi connectivity index (χ2v) is 7.54. The van der Waals surface area contributed by atoms with Crippen LogP contribution in [-0.2, 0) is 4.74 Å². The minimum Gasteiger partial charge on any atom is -0.384 e. The summed E-state index contributed by atoms with van der Waals surface area (Å²) in [7, 11) is 1.85. The van der Waals surface area contributed by atoms with Crippen LogP contribution in [0.3, 0.4) is 0 Å². The van der Waals surface area contributed by atoms with E-state index in [1.165, 1.54) is 70.6 Å². The summed E-state index contributed by atoms with van der Waals surface area (Å²) in [6.07, 6.45) is 20.6. The molecule has 2 saturated carbocycles. The fourth-order valence-corrected chi connectivity index (χ4v) is 4.39. The minimum atomic E-state index is 0.854. The molecule has 2 fully saturated rings. The van der Waals surface area contributed by atoms with Gasteiger partial charge in [0.1, 0.15) is 0 Å². The molecule has 2 aliphatic rings. The minimum absolute atomic E-state index is 0.854. The van der Waals surface area contributed by atoms with Crippen molar-refractivity contribution in [2.75, 3.05) is 13.7 Å². The molecular formula is C20H36O. The van der Waals surface area contributed by atoms with Crippen molar-refractivity contribution in [1.29, 1.82) is 0 Å². The van der Waals surface area contributed by atoms with Crippen molar-refractivity contribution < 1.29 is 4.74 Å². The van der Waals surface area contributed by atoms with Crippen LogP contribution in [0.1, 0.15) is 77.6 Å². The van der Waals surface area contributed by atoms with Crippen LogP contribution >= 0.6 is 0 Å². The van der Waals surface area contributed by atoms with E-state index >= 15 is 0 Å². The fraction of sp³-hybridized carbons (Fsp3) is 0.900. The molecule has 0 saturated heterocycles. The molecule has 2 rings (SSSR count). The van der Waals surface area contributed by atoms with Crippen molar-refractivity contribution in [3.05, 3.63) is 12.2 Å². The first kappa shape index (κ1) is 17.1. The van der Waals surface area contributed by atoms with Crippen LogP contribution in [0, 0.1) is 23.7 Å². The van der Waals surface area contributed by atoms with Crippen LogP contribution in [0.25, 0.3) is 0 Å². The standard InChI is InChI=1S/C20H36O/c1-3-4-5-17-6-8-18(9-7-17)10-11-19-12-14-20(15-13-19)16-21-2/h4-5,17-20H,3,6-16H2,1-2H3/b5-4+/t17-,18-,19?,20?. The van der Waals surface area contributed by atoms with Crippen LogP contribution in [0.4, 0.5) is 0 Å². The molecule has 0 heterocycles. The Bertz CT molecular complexity index is 280. The van der Waals surface area contributed by atoms with E-state index in [0.717, 1.165) is 30.3 Å². The van der Waals surface area contributed by atoms with Gasteiger partial charge in [-0.1, -0.05) is 44.8 Å². The first-order chi connectivity index (χ1) is 10.3. The third kappa shape index (κ3) is 6.14. The SMILES string of the molecule is CC/C=C/[C@H]1CC[C@H](CCC2CCC(COC)CC2)CC1. The summed E-state index contributed by atoms with van der Waals surface area (Å²) in [5, 5.41) is 0. The molecule has 0 aromatic heterocycles. The average molecular weight is 293 g/mol. The van der Waals surface area contributed by atoms with Gasteiger partial charge in [0.2, 0.25) is 0 Å². The molecule has 21 heavy (non-hydrogen) atoms. The van der Waals surface area contributed by atoms with Gasteiger partial charge in [-0.25, -0.2) is 0 Å². The van der Waals surface area contributed by atoms with Crippen molar-refractivity contribution in [3.8, 4) is 0 Å². The molecule has 1 nitrogen and oxygen atoms in total. The van der Waals surface area contributed by atoms with E-state index in [-0.39, 0.29) is 0 Å². The number of rotatable bonds is 7. The molecular weight excluding hydrogens is 256 g/mol. The summed E-state index contributed by atoms with van der Waals surface area (Å²) in [5.41, 5.74) is 0. The third-order valence-electron chi connectivity index (χ3n) is 5.89. The van der Waals surface area contributed by atoms with Crippen molar-refractivity contribution in [2.24, 2.45) is 23.7 Å². The third-order valence-corrected chi connectivity index (χ3v) is 5.89. The Hall–Kier alpha value is -0.300. The summed E-state index contributed by atoms with van der Waals surface area (Å²) < 4.78 is 5.30. The number of hydrogen-bond acceptors (Lipinski definition) is 1. The summed E-state index contributed by atoms with van der Waals surface area (Å²) >= 11 is 0. The van der Waals surface area contributed by atoms with E-state index < -0.39 is 0 Å². The first-order valence-corrected chi connectivity index (χ1v) is 9.47. The van der Waals surface area contributed by atoms with E-state index in [4.69, 9.17) is 4.74 Å². The van der Waals surface area contributed by atoms with Gasteiger partial charge in [-0.3, -0.25) is 0 Å². The molecule has 0 bridgehead atoms. The van der Waals surface area contributed by atoms with Crippen molar-refractivity contribution in [3.63, 3.8) is 0 Å². The second kappa shape index (κ2) is 9.66. The lowest BCUT2D eigenvalue weighted by Gasteiger charge is -2.31.